The molecule has 1 aromatic carbocycles. The van der Waals surface area contributed by atoms with Crippen molar-refractivity contribution in [3.8, 4) is 5.75 Å². The summed E-state index contributed by atoms with van der Waals surface area (Å²) in [6.07, 6.45) is 2.39. The summed E-state index contributed by atoms with van der Waals surface area (Å²) in [7, 11) is 1.75. The van der Waals surface area contributed by atoms with Crippen LogP contribution in [-0.2, 0) is 4.74 Å². The molecule has 1 saturated heterocycles. The molecule has 2 atom stereocenters. The Kier molecular flexibility index (Phi) is 4.66. The molecule has 3 N–H and O–H groups in total. The number of nitrogens with two attached hydrogens (primary N) is 1. The normalized spacial score (nSPS) is 21.4. The molecule has 1 fully saturated rings. The van der Waals surface area contributed by atoms with E-state index >= 15 is 0 Å². The number of anilines is 1. The van der Waals surface area contributed by atoms with Crippen molar-refractivity contribution >= 4 is 5.69 Å². The molecule has 0 aliphatic carbocycles. The third-order valence-corrected chi connectivity index (χ3v) is 3.79. The summed E-state index contributed by atoms with van der Waals surface area (Å²) in [5.41, 5.74) is 7.69. The minimum atomic E-state index is -0.142. The number of nitrogens with zero attached hydrogens (tertiary/aromatic N) is 1. The van der Waals surface area contributed by atoms with Crippen LogP contribution in [0.4, 0.5) is 5.69 Å². The van der Waals surface area contributed by atoms with Gasteiger partial charge in [0.05, 0.1) is 6.61 Å². The van der Waals surface area contributed by atoms with Crippen LogP contribution in [0.15, 0.2) is 18.2 Å². The Morgan fingerprint density at radius 2 is 2.32 bits per heavy atom. The fourth-order valence-corrected chi connectivity index (χ4v) is 2.79. The lowest BCUT2D eigenvalue weighted by Gasteiger charge is -2.34. The highest BCUT2D eigenvalue weighted by molar-refractivity contribution is 5.54. The largest absolute Gasteiger partial charge is 0.508 e. The highest BCUT2D eigenvalue weighted by Crippen LogP contribution is 2.30. The summed E-state index contributed by atoms with van der Waals surface area (Å²) >= 11 is 0. The van der Waals surface area contributed by atoms with Crippen LogP contribution >= 0.6 is 0 Å². The molecular formula is C15H24N2O2. The quantitative estimate of drug-likeness (QED) is 0.876. The van der Waals surface area contributed by atoms with Gasteiger partial charge in [0, 0.05) is 43.6 Å². The van der Waals surface area contributed by atoms with E-state index in [-0.39, 0.29) is 6.04 Å². The molecule has 0 saturated carbocycles. The molecule has 1 heterocycles. The van der Waals surface area contributed by atoms with Gasteiger partial charge in [-0.15, -0.1) is 0 Å². The van der Waals surface area contributed by atoms with E-state index in [4.69, 9.17) is 10.5 Å². The molecule has 0 amide bonds. The van der Waals surface area contributed by atoms with Gasteiger partial charge in [-0.3, -0.25) is 0 Å². The number of rotatable bonds is 4. The zero-order valence-corrected chi connectivity index (χ0v) is 11.8. The minimum Gasteiger partial charge on any atom is -0.508 e. The monoisotopic (exact) mass is 264 g/mol. The van der Waals surface area contributed by atoms with Gasteiger partial charge in [-0.25, -0.2) is 0 Å². The summed E-state index contributed by atoms with van der Waals surface area (Å²) in [4.78, 5) is 2.32. The van der Waals surface area contributed by atoms with Crippen LogP contribution in [0.25, 0.3) is 0 Å². The second-order valence-corrected chi connectivity index (χ2v) is 5.44. The van der Waals surface area contributed by atoms with E-state index in [0.717, 1.165) is 30.9 Å². The van der Waals surface area contributed by atoms with Crippen molar-refractivity contribution < 1.29 is 9.84 Å². The van der Waals surface area contributed by atoms with Gasteiger partial charge in [0.1, 0.15) is 5.75 Å². The summed E-state index contributed by atoms with van der Waals surface area (Å²) in [6, 6.07) is 5.66. The van der Waals surface area contributed by atoms with E-state index in [1.165, 1.54) is 12.8 Å². The standard InChI is InChI=1S/C15H24N2O2/c1-11(16)14-6-5-13(8-15(14)18)17-7-3-4-12(9-17)10-19-2/h5-6,8,11-12,18H,3-4,7,9-10,16H2,1-2H3. The van der Waals surface area contributed by atoms with Gasteiger partial charge in [0.2, 0.25) is 0 Å². The van der Waals surface area contributed by atoms with Gasteiger partial charge in [-0.05, 0) is 31.7 Å². The third-order valence-electron chi connectivity index (χ3n) is 3.79. The molecular weight excluding hydrogens is 240 g/mol. The lowest BCUT2D eigenvalue weighted by atomic mass is 9.98. The van der Waals surface area contributed by atoms with Crippen LogP contribution in [0, 0.1) is 5.92 Å². The first-order chi connectivity index (χ1) is 9.11. The van der Waals surface area contributed by atoms with Crippen LogP contribution in [0.5, 0.6) is 5.75 Å². The molecule has 1 aliphatic rings. The minimum absolute atomic E-state index is 0.142. The summed E-state index contributed by atoms with van der Waals surface area (Å²) in [6.45, 7) is 4.71. The highest BCUT2D eigenvalue weighted by atomic mass is 16.5. The van der Waals surface area contributed by atoms with Gasteiger partial charge in [-0.1, -0.05) is 6.07 Å². The zero-order valence-electron chi connectivity index (χ0n) is 11.8. The molecule has 1 aromatic rings. The highest BCUT2D eigenvalue weighted by Gasteiger charge is 2.20. The fourth-order valence-electron chi connectivity index (χ4n) is 2.79. The molecule has 4 nitrogen and oxygen atoms in total. The molecule has 4 heteroatoms. The van der Waals surface area contributed by atoms with Crippen LogP contribution in [0.1, 0.15) is 31.4 Å². The fraction of sp³-hybridized carbons (Fsp3) is 0.600. The number of aromatic hydroxyl groups is 1. The number of piperidine rings is 1. The molecule has 1 aliphatic heterocycles. The first-order valence-electron chi connectivity index (χ1n) is 6.94. The van der Waals surface area contributed by atoms with Crippen LogP contribution in [0.2, 0.25) is 0 Å². The van der Waals surface area contributed by atoms with Crippen LogP contribution in [0.3, 0.4) is 0 Å². The molecule has 0 bridgehead atoms. The van der Waals surface area contributed by atoms with E-state index in [2.05, 4.69) is 4.90 Å². The van der Waals surface area contributed by atoms with E-state index < -0.39 is 0 Å². The lowest BCUT2D eigenvalue weighted by molar-refractivity contribution is 0.143. The average Bonchev–Trinajstić information content (AvgIpc) is 2.39. The lowest BCUT2D eigenvalue weighted by Crippen LogP contribution is -2.37. The number of benzene rings is 1. The van der Waals surface area contributed by atoms with E-state index in [9.17, 15) is 5.11 Å². The van der Waals surface area contributed by atoms with Crippen molar-refractivity contribution in [2.75, 3.05) is 31.7 Å². The zero-order chi connectivity index (χ0) is 13.8. The summed E-state index contributed by atoms with van der Waals surface area (Å²) < 4.78 is 5.25. The Labute approximate surface area is 115 Å². The predicted octanol–water partition coefficient (Wildman–Crippen LogP) is 2.27. The van der Waals surface area contributed by atoms with Crippen molar-refractivity contribution in [3.05, 3.63) is 23.8 Å². The summed E-state index contributed by atoms with van der Waals surface area (Å²) in [5, 5.41) is 10.0. The average molecular weight is 264 g/mol. The number of phenols is 1. The molecule has 0 radical (unpaired) electrons. The maximum Gasteiger partial charge on any atom is 0.122 e. The third kappa shape index (κ3) is 3.39. The second kappa shape index (κ2) is 6.26. The Morgan fingerprint density at radius 1 is 1.53 bits per heavy atom. The van der Waals surface area contributed by atoms with Crippen molar-refractivity contribution in [2.45, 2.75) is 25.8 Å². The first-order valence-corrected chi connectivity index (χ1v) is 6.94. The Morgan fingerprint density at radius 3 is 2.95 bits per heavy atom. The Balaban J connectivity index is 2.11. The number of hydrogen-bond acceptors (Lipinski definition) is 4. The Bertz CT molecular complexity index is 419. The maximum atomic E-state index is 10.0. The van der Waals surface area contributed by atoms with Gasteiger partial charge < -0.3 is 20.5 Å². The molecule has 19 heavy (non-hydrogen) atoms. The molecule has 2 rings (SSSR count). The van der Waals surface area contributed by atoms with Crippen LogP contribution < -0.4 is 10.6 Å². The van der Waals surface area contributed by atoms with Gasteiger partial charge in [0.25, 0.3) is 0 Å². The number of hydrogen-bond donors (Lipinski definition) is 2. The van der Waals surface area contributed by atoms with Crippen molar-refractivity contribution in [3.63, 3.8) is 0 Å². The van der Waals surface area contributed by atoms with Crippen molar-refractivity contribution in [2.24, 2.45) is 11.7 Å². The summed E-state index contributed by atoms with van der Waals surface area (Å²) in [5.74, 6) is 0.871. The van der Waals surface area contributed by atoms with Crippen LogP contribution in [-0.4, -0.2) is 31.9 Å². The number of phenolic OH excluding ortho intramolecular Hbond substituents is 1. The Hall–Kier alpha value is -1.26. The van der Waals surface area contributed by atoms with E-state index in [1.807, 2.05) is 25.1 Å². The molecule has 0 spiro atoms. The maximum absolute atomic E-state index is 10.0. The predicted molar refractivity (Wildman–Crippen MR) is 77.5 cm³/mol. The number of ether oxygens (including phenoxy) is 1. The topological polar surface area (TPSA) is 58.7 Å². The van der Waals surface area contributed by atoms with Gasteiger partial charge in [-0.2, -0.15) is 0 Å². The molecule has 106 valence electrons. The van der Waals surface area contributed by atoms with Crippen molar-refractivity contribution in [1.29, 1.82) is 0 Å². The molecule has 0 aromatic heterocycles. The molecule has 2 unspecified atom stereocenters. The smallest absolute Gasteiger partial charge is 0.122 e. The van der Waals surface area contributed by atoms with Crippen molar-refractivity contribution in [1.82, 2.24) is 0 Å². The van der Waals surface area contributed by atoms with E-state index in [0.29, 0.717) is 11.7 Å². The van der Waals surface area contributed by atoms with Gasteiger partial charge >= 0.3 is 0 Å². The second-order valence-electron chi connectivity index (χ2n) is 5.44. The van der Waals surface area contributed by atoms with Gasteiger partial charge in [0.15, 0.2) is 0 Å². The number of methoxy groups -OCH3 is 1. The first kappa shape index (κ1) is 14.2. The van der Waals surface area contributed by atoms with E-state index in [1.54, 1.807) is 7.11 Å². The SMILES string of the molecule is COCC1CCCN(c2ccc(C(C)N)c(O)c2)C1.